The van der Waals surface area contributed by atoms with Gasteiger partial charge in [-0.15, -0.1) is 0 Å². The Hall–Kier alpha value is -2.31. The molecule has 0 aliphatic carbocycles. The average molecular weight is 303 g/mol. The van der Waals surface area contributed by atoms with Crippen LogP contribution in [-0.4, -0.2) is 45.7 Å². The maximum absolute atomic E-state index is 4.46. The maximum atomic E-state index is 4.46. The summed E-state index contributed by atoms with van der Waals surface area (Å²) in [5.41, 5.74) is 2.28. The molecular weight excluding hydrogens is 278 g/mol. The van der Waals surface area contributed by atoms with Crippen LogP contribution in [0.2, 0.25) is 0 Å². The highest BCUT2D eigenvalue weighted by molar-refractivity contribution is 5.79. The number of aliphatic imine (C=N–C) groups is 1. The number of aryl methyl sites for hydroxylation is 3. The van der Waals surface area contributed by atoms with Gasteiger partial charge in [-0.25, -0.2) is 0 Å². The third kappa shape index (κ3) is 4.91. The first kappa shape index (κ1) is 16.1. The Morgan fingerprint density at radius 1 is 1.23 bits per heavy atom. The molecule has 0 atom stereocenters. The predicted octanol–water partition coefficient (Wildman–Crippen LogP) is 0.952. The third-order valence-corrected chi connectivity index (χ3v) is 3.36. The first-order valence-electron chi connectivity index (χ1n) is 7.62. The highest BCUT2D eigenvalue weighted by Gasteiger charge is 2.01. The van der Waals surface area contributed by atoms with Crippen molar-refractivity contribution in [3.05, 3.63) is 35.9 Å². The fraction of sp³-hybridized carbons (Fsp3) is 0.533. The van der Waals surface area contributed by atoms with Gasteiger partial charge in [0, 0.05) is 44.8 Å². The maximum Gasteiger partial charge on any atom is 0.191 e. The monoisotopic (exact) mass is 303 g/mol. The Kier molecular flexibility index (Phi) is 6.00. The molecule has 0 spiro atoms. The minimum atomic E-state index is 0.790. The molecule has 0 saturated carbocycles. The minimum absolute atomic E-state index is 0.790. The lowest BCUT2D eigenvalue weighted by Gasteiger charge is -2.12. The fourth-order valence-electron chi connectivity index (χ4n) is 2.28. The summed E-state index contributed by atoms with van der Waals surface area (Å²) in [5.74, 6) is 0.820. The summed E-state index contributed by atoms with van der Waals surface area (Å²) >= 11 is 0. The Morgan fingerprint density at radius 2 is 2.05 bits per heavy atom. The highest BCUT2D eigenvalue weighted by Crippen LogP contribution is 2.02. The summed E-state index contributed by atoms with van der Waals surface area (Å²) in [5, 5.41) is 15.2. The normalized spacial score (nSPS) is 11.7. The fourth-order valence-corrected chi connectivity index (χ4v) is 2.28. The van der Waals surface area contributed by atoms with E-state index in [1.165, 1.54) is 5.69 Å². The van der Waals surface area contributed by atoms with Gasteiger partial charge in [0.2, 0.25) is 0 Å². The van der Waals surface area contributed by atoms with Gasteiger partial charge in [0.25, 0.3) is 0 Å². The molecule has 2 N–H and O–H groups in total. The molecule has 2 heterocycles. The molecule has 0 saturated heterocycles. The number of hydrogen-bond donors (Lipinski definition) is 2. The standard InChI is InChI=1S/C15H25N7/c1-13-12-14(2)22(20-13)10-4-6-17-15(16-3)18-8-11-21-9-5-7-19-21/h5,7,9,12H,4,6,8,10-11H2,1-3H3,(H2,16,17,18). The SMILES string of the molecule is CN=C(NCCCn1nc(C)cc1C)NCCn1cccn1. The van der Waals surface area contributed by atoms with Crippen molar-refractivity contribution in [2.24, 2.45) is 4.99 Å². The molecular formula is C15H25N7. The van der Waals surface area contributed by atoms with Gasteiger partial charge in [-0.3, -0.25) is 14.4 Å². The molecule has 0 fully saturated rings. The van der Waals surface area contributed by atoms with Gasteiger partial charge in [0.1, 0.15) is 0 Å². The van der Waals surface area contributed by atoms with Crippen LogP contribution < -0.4 is 10.6 Å². The summed E-state index contributed by atoms with van der Waals surface area (Å²) in [6.07, 6.45) is 4.74. The lowest BCUT2D eigenvalue weighted by molar-refractivity contribution is 0.552. The molecule has 0 bridgehead atoms. The zero-order valence-corrected chi connectivity index (χ0v) is 13.6. The van der Waals surface area contributed by atoms with Gasteiger partial charge >= 0.3 is 0 Å². The second-order valence-corrected chi connectivity index (χ2v) is 5.20. The van der Waals surface area contributed by atoms with Crippen molar-refractivity contribution in [2.75, 3.05) is 20.1 Å². The van der Waals surface area contributed by atoms with E-state index in [0.717, 1.165) is 44.3 Å². The second-order valence-electron chi connectivity index (χ2n) is 5.20. The lowest BCUT2D eigenvalue weighted by atomic mass is 10.4. The Morgan fingerprint density at radius 3 is 2.68 bits per heavy atom. The molecule has 0 aromatic carbocycles. The van der Waals surface area contributed by atoms with Crippen LogP contribution in [0.4, 0.5) is 0 Å². The average Bonchev–Trinajstić information content (AvgIpc) is 3.11. The van der Waals surface area contributed by atoms with E-state index in [4.69, 9.17) is 0 Å². The number of aromatic nitrogens is 4. The van der Waals surface area contributed by atoms with Gasteiger partial charge in [-0.2, -0.15) is 10.2 Å². The molecule has 0 radical (unpaired) electrons. The van der Waals surface area contributed by atoms with E-state index in [0.29, 0.717) is 0 Å². The molecule has 0 amide bonds. The van der Waals surface area contributed by atoms with Crippen LogP contribution in [0.5, 0.6) is 0 Å². The van der Waals surface area contributed by atoms with Gasteiger partial charge in [0.15, 0.2) is 5.96 Å². The summed E-state index contributed by atoms with van der Waals surface area (Å²) in [4.78, 5) is 4.22. The van der Waals surface area contributed by atoms with Crippen molar-refractivity contribution in [3.8, 4) is 0 Å². The Bertz CT molecular complexity index is 583. The quantitative estimate of drug-likeness (QED) is 0.454. The molecule has 2 aromatic heterocycles. The van der Waals surface area contributed by atoms with Crippen LogP contribution in [0.25, 0.3) is 0 Å². The summed E-state index contributed by atoms with van der Waals surface area (Å²) in [7, 11) is 1.78. The topological polar surface area (TPSA) is 72.1 Å². The number of rotatable bonds is 7. The lowest BCUT2D eigenvalue weighted by Crippen LogP contribution is -2.39. The molecule has 0 unspecified atom stereocenters. The zero-order chi connectivity index (χ0) is 15.8. The number of guanidine groups is 1. The molecule has 7 nitrogen and oxygen atoms in total. The van der Waals surface area contributed by atoms with Crippen molar-refractivity contribution < 1.29 is 0 Å². The van der Waals surface area contributed by atoms with Crippen molar-refractivity contribution in [3.63, 3.8) is 0 Å². The van der Waals surface area contributed by atoms with Crippen LogP contribution in [0.3, 0.4) is 0 Å². The summed E-state index contributed by atoms with van der Waals surface area (Å²) < 4.78 is 3.94. The number of nitrogens with zero attached hydrogens (tertiary/aromatic N) is 5. The van der Waals surface area contributed by atoms with E-state index >= 15 is 0 Å². The minimum Gasteiger partial charge on any atom is -0.356 e. The van der Waals surface area contributed by atoms with Gasteiger partial charge < -0.3 is 10.6 Å². The van der Waals surface area contributed by atoms with E-state index in [1.807, 2.05) is 28.6 Å². The van der Waals surface area contributed by atoms with Crippen molar-refractivity contribution >= 4 is 5.96 Å². The summed E-state index contributed by atoms with van der Waals surface area (Å²) in [6, 6.07) is 4.02. The molecule has 0 aliphatic heterocycles. The third-order valence-electron chi connectivity index (χ3n) is 3.36. The largest absolute Gasteiger partial charge is 0.356 e. The van der Waals surface area contributed by atoms with Crippen molar-refractivity contribution in [2.45, 2.75) is 33.4 Å². The Labute approximate surface area is 131 Å². The van der Waals surface area contributed by atoms with Gasteiger partial charge in [-0.05, 0) is 32.4 Å². The first-order valence-corrected chi connectivity index (χ1v) is 7.62. The van der Waals surface area contributed by atoms with Gasteiger partial charge in [-0.1, -0.05) is 0 Å². The van der Waals surface area contributed by atoms with E-state index in [9.17, 15) is 0 Å². The van der Waals surface area contributed by atoms with Crippen LogP contribution >= 0.6 is 0 Å². The van der Waals surface area contributed by atoms with Crippen LogP contribution in [0, 0.1) is 13.8 Å². The Balaban J connectivity index is 1.63. The molecule has 2 aromatic rings. The van der Waals surface area contributed by atoms with Crippen molar-refractivity contribution in [1.82, 2.24) is 30.2 Å². The van der Waals surface area contributed by atoms with Crippen molar-refractivity contribution in [1.29, 1.82) is 0 Å². The molecule has 120 valence electrons. The van der Waals surface area contributed by atoms with Gasteiger partial charge in [0.05, 0.1) is 12.2 Å². The zero-order valence-electron chi connectivity index (χ0n) is 13.6. The molecule has 0 aliphatic rings. The van der Waals surface area contributed by atoms with Crippen LogP contribution in [-0.2, 0) is 13.1 Å². The van der Waals surface area contributed by atoms with Crippen LogP contribution in [0.1, 0.15) is 17.8 Å². The second kappa shape index (κ2) is 8.21. The molecule has 7 heteroatoms. The molecule has 2 rings (SSSR count). The number of hydrogen-bond acceptors (Lipinski definition) is 3. The number of nitrogens with one attached hydrogen (secondary N) is 2. The van der Waals surface area contributed by atoms with E-state index in [1.54, 1.807) is 13.2 Å². The smallest absolute Gasteiger partial charge is 0.191 e. The highest BCUT2D eigenvalue weighted by atomic mass is 15.3. The summed E-state index contributed by atoms with van der Waals surface area (Å²) in [6.45, 7) is 7.49. The first-order chi connectivity index (χ1) is 10.7. The van der Waals surface area contributed by atoms with E-state index < -0.39 is 0 Å². The van der Waals surface area contributed by atoms with E-state index in [-0.39, 0.29) is 0 Å². The molecule has 22 heavy (non-hydrogen) atoms. The predicted molar refractivity (Wildman–Crippen MR) is 87.9 cm³/mol. The van der Waals surface area contributed by atoms with E-state index in [2.05, 4.69) is 38.8 Å². The van der Waals surface area contributed by atoms with Crippen LogP contribution in [0.15, 0.2) is 29.5 Å².